The van der Waals surface area contributed by atoms with Gasteiger partial charge in [0.2, 0.25) is 18.6 Å². The number of fused-ring (bicyclic) bond motifs is 1. The lowest BCUT2D eigenvalue weighted by Crippen LogP contribution is -2.43. The summed E-state index contributed by atoms with van der Waals surface area (Å²) >= 11 is 0. The lowest BCUT2D eigenvalue weighted by Gasteiger charge is -2.25. The molecule has 0 bridgehead atoms. The second-order valence-electron chi connectivity index (χ2n) is 6.81. The van der Waals surface area contributed by atoms with Crippen LogP contribution in [0.15, 0.2) is 18.2 Å². The SMILES string of the molecule is O=C(Nc1ccc2c(c1)OCO2)C1(C(=O)N2CCCCCC2)CC1. The Balaban J connectivity index is 1.46. The van der Waals surface area contributed by atoms with Crippen molar-refractivity contribution in [3.05, 3.63) is 18.2 Å². The first-order chi connectivity index (χ1) is 11.7. The van der Waals surface area contributed by atoms with Crippen molar-refractivity contribution in [1.82, 2.24) is 4.90 Å². The van der Waals surface area contributed by atoms with Crippen LogP contribution < -0.4 is 14.8 Å². The number of nitrogens with one attached hydrogen (secondary N) is 1. The average Bonchev–Trinajstić information content (AvgIpc) is 3.33. The summed E-state index contributed by atoms with van der Waals surface area (Å²) in [6.45, 7) is 1.75. The lowest BCUT2D eigenvalue weighted by atomic mass is 10.0. The highest BCUT2D eigenvalue weighted by Gasteiger charge is 2.58. The summed E-state index contributed by atoms with van der Waals surface area (Å²) < 4.78 is 10.6. The molecule has 128 valence electrons. The number of nitrogens with zero attached hydrogens (tertiary/aromatic N) is 1. The van der Waals surface area contributed by atoms with Gasteiger partial charge in [0, 0.05) is 24.8 Å². The number of carbonyl (C=O) groups is 2. The van der Waals surface area contributed by atoms with Crippen LogP contribution in [-0.2, 0) is 9.59 Å². The van der Waals surface area contributed by atoms with Crippen molar-refractivity contribution in [2.45, 2.75) is 38.5 Å². The molecule has 0 unspecified atom stereocenters. The molecule has 0 atom stereocenters. The van der Waals surface area contributed by atoms with E-state index < -0.39 is 5.41 Å². The zero-order chi connectivity index (χ0) is 16.6. The molecule has 6 nitrogen and oxygen atoms in total. The predicted octanol–water partition coefficient (Wildman–Crippen LogP) is 2.54. The van der Waals surface area contributed by atoms with Gasteiger partial charge in [-0.05, 0) is 37.8 Å². The van der Waals surface area contributed by atoms with Crippen molar-refractivity contribution in [2.24, 2.45) is 5.41 Å². The van der Waals surface area contributed by atoms with E-state index in [9.17, 15) is 9.59 Å². The largest absolute Gasteiger partial charge is 0.454 e. The fourth-order valence-corrected chi connectivity index (χ4v) is 3.46. The lowest BCUT2D eigenvalue weighted by molar-refractivity contribution is -0.142. The van der Waals surface area contributed by atoms with Crippen molar-refractivity contribution in [3.8, 4) is 11.5 Å². The number of anilines is 1. The summed E-state index contributed by atoms with van der Waals surface area (Å²) in [5, 5.41) is 2.89. The molecule has 6 heteroatoms. The van der Waals surface area contributed by atoms with Crippen LogP contribution in [-0.4, -0.2) is 36.6 Å². The van der Waals surface area contributed by atoms with Crippen LogP contribution >= 0.6 is 0 Å². The minimum Gasteiger partial charge on any atom is -0.454 e. The Labute approximate surface area is 141 Å². The minimum absolute atomic E-state index is 0.00245. The number of amides is 2. The summed E-state index contributed by atoms with van der Waals surface area (Å²) in [6.07, 6.45) is 5.68. The maximum atomic E-state index is 12.9. The Kier molecular flexibility index (Phi) is 3.82. The number of hydrogen-bond donors (Lipinski definition) is 1. The molecule has 1 aromatic rings. The third-order valence-corrected chi connectivity index (χ3v) is 5.12. The van der Waals surface area contributed by atoms with E-state index >= 15 is 0 Å². The van der Waals surface area contributed by atoms with Gasteiger partial charge in [0.25, 0.3) is 0 Å². The zero-order valence-corrected chi connectivity index (χ0v) is 13.7. The number of rotatable bonds is 3. The molecular weight excluding hydrogens is 308 g/mol. The monoisotopic (exact) mass is 330 g/mol. The number of hydrogen-bond acceptors (Lipinski definition) is 4. The molecule has 1 N–H and O–H groups in total. The molecule has 0 spiro atoms. The molecule has 4 rings (SSSR count). The van der Waals surface area contributed by atoms with Crippen LogP contribution in [0.1, 0.15) is 38.5 Å². The van der Waals surface area contributed by atoms with E-state index in [0.717, 1.165) is 25.9 Å². The predicted molar refractivity (Wildman–Crippen MR) is 87.9 cm³/mol. The first-order valence-electron chi connectivity index (χ1n) is 8.70. The zero-order valence-electron chi connectivity index (χ0n) is 13.7. The number of likely N-dealkylation sites (tertiary alicyclic amines) is 1. The Bertz CT molecular complexity index is 661. The van der Waals surface area contributed by atoms with E-state index in [4.69, 9.17) is 9.47 Å². The van der Waals surface area contributed by atoms with E-state index in [-0.39, 0.29) is 18.6 Å². The van der Waals surface area contributed by atoms with Gasteiger partial charge in [0.15, 0.2) is 11.5 Å². The Morgan fingerprint density at radius 3 is 2.42 bits per heavy atom. The molecule has 2 fully saturated rings. The van der Waals surface area contributed by atoms with Gasteiger partial charge in [0.1, 0.15) is 5.41 Å². The van der Waals surface area contributed by atoms with Crippen molar-refractivity contribution in [2.75, 3.05) is 25.2 Å². The molecule has 24 heavy (non-hydrogen) atoms. The van der Waals surface area contributed by atoms with Gasteiger partial charge in [-0.25, -0.2) is 0 Å². The number of benzene rings is 1. The van der Waals surface area contributed by atoms with Gasteiger partial charge < -0.3 is 19.7 Å². The number of carbonyl (C=O) groups excluding carboxylic acids is 2. The Morgan fingerprint density at radius 2 is 1.71 bits per heavy atom. The third kappa shape index (κ3) is 2.70. The van der Waals surface area contributed by atoms with E-state index in [1.807, 2.05) is 4.90 Å². The molecule has 1 saturated carbocycles. The van der Waals surface area contributed by atoms with Crippen LogP contribution in [0.25, 0.3) is 0 Å². The smallest absolute Gasteiger partial charge is 0.240 e. The maximum absolute atomic E-state index is 12.9. The summed E-state index contributed by atoms with van der Waals surface area (Å²) in [5.41, 5.74) is -0.222. The quantitative estimate of drug-likeness (QED) is 0.865. The normalized spacial score (nSPS) is 21.1. The fraction of sp³-hybridized carbons (Fsp3) is 0.556. The topological polar surface area (TPSA) is 67.9 Å². The second kappa shape index (κ2) is 6.00. The molecule has 1 aliphatic carbocycles. The molecular formula is C18H22N2O4. The van der Waals surface area contributed by atoms with Gasteiger partial charge in [-0.1, -0.05) is 12.8 Å². The average molecular weight is 330 g/mol. The standard InChI is InChI=1S/C18H22N2O4/c21-16(19-13-5-6-14-15(11-13)24-12-23-14)18(7-8-18)17(22)20-9-3-1-2-4-10-20/h5-6,11H,1-4,7-10,12H2,(H,19,21). The van der Waals surface area contributed by atoms with E-state index in [1.54, 1.807) is 18.2 Å². The summed E-state index contributed by atoms with van der Waals surface area (Å²) in [4.78, 5) is 27.5. The Morgan fingerprint density at radius 1 is 1.00 bits per heavy atom. The third-order valence-electron chi connectivity index (χ3n) is 5.12. The van der Waals surface area contributed by atoms with Crippen LogP contribution in [0.2, 0.25) is 0 Å². The van der Waals surface area contributed by atoms with Gasteiger partial charge >= 0.3 is 0 Å². The molecule has 1 aromatic carbocycles. The molecule has 3 aliphatic rings. The van der Waals surface area contributed by atoms with Gasteiger partial charge in [-0.3, -0.25) is 9.59 Å². The summed E-state index contributed by atoms with van der Waals surface area (Å²) in [6, 6.07) is 5.29. The first kappa shape index (κ1) is 15.3. The summed E-state index contributed by atoms with van der Waals surface area (Å²) in [5.74, 6) is 1.10. The molecule has 2 aliphatic heterocycles. The van der Waals surface area contributed by atoms with E-state index in [1.165, 1.54) is 12.8 Å². The second-order valence-corrected chi connectivity index (χ2v) is 6.81. The van der Waals surface area contributed by atoms with Crippen LogP contribution in [0.4, 0.5) is 5.69 Å². The van der Waals surface area contributed by atoms with Crippen molar-refractivity contribution >= 4 is 17.5 Å². The fourth-order valence-electron chi connectivity index (χ4n) is 3.46. The highest BCUT2D eigenvalue weighted by atomic mass is 16.7. The molecule has 0 aromatic heterocycles. The first-order valence-corrected chi connectivity index (χ1v) is 8.70. The minimum atomic E-state index is -0.860. The van der Waals surface area contributed by atoms with Crippen molar-refractivity contribution in [3.63, 3.8) is 0 Å². The van der Waals surface area contributed by atoms with E-state index in [0.29, 0.717) is 30.0 Å². The summed E-state index contributed by atoms with van der Waals surface area (Å²) in [7, 11) is 0. The van der Waals surface area contributed by atoms with Crippen LogP contribution in [0, 0.1) is 5.41 Å². The molecule has 0 radical (unpaired) electrons. The van der Waals surface area contributed by atoms with Crippen molar-refractivity contribution in [1.29, 1.82) is 0 Å². The molecule has 1 saturated heterocycles. The van der Waals surface area contributed by atoms with Crippen LogP contribution in [0.3, 0.4) is 0 Å². The highest BCUT2D eigenvalue weighted by molar-refractivity contribution is 6.13. The van der Waals surface area contributed by atoms with Crippen molar-refractivity contribution < 1.29 is 19.1 Å². The van der Waals surface area contributed by atoms with Gasteiger partial charge in [-0.2, -0.15) is 0 Å². The Hall–Kier alpha value is -2.24. The molecule has 2 amide bonds. The van der Waals surface area contributed by atoms with Crippen LogP contribution in [0.5, 0.6) is 11.5 Å². The molecule has 2 heterocycles. The highest BCUT2D eigenvalue weighted by Crippen LogP contribution is 2.48. The number of ether oxygens (including phenoxy) is 2. The van der Waals surface area contributed by atoms with Gasteiger partial charge in [0.05, 0.1) is 0 Å². The van der Waals surface area contributed by atoms with Gasteiger partial charge in [-0.15, -0.1) is 0 Å². The maximum Gasteiger partial charge on any atom is 0.240 e. The van der Waals surface area contributed by atoms with E-state index in [2.05, 4.69) is 5.32 Å².